The maximum absolute atomic E-state index is 5.65. The first-order chi connectivity index (χ1) is 12.6. The van der Waals surface area contributed by atoms with Crippen LogP contribution in [0.4, 0.5) is 0 Å². The molecule has 9 heteroatoms. The van der Waals surface area contributed by atoms with Gasteiger partial charge in [-0.25, -0.2) is 0 Å². The lowest BCUT2D eigenvalue weighted by molar-refractivity contribution is 0.0532. The van der Waals surface area contributed by atoms with Crippen molar-refractivity contribution in [2.45, 2.75) is 58.7 Å². The van der Waals surface area contributed by atoms with E-state index < -0.39 is 0 Å². The molecule has 27 heavy (non-hydrogen) atoms. The Morgan fingerprint density at radius 1 is 1.33 bits per heavy atom. The Morgan fingerprint density at radius 3 is 2.70 bits per heavy atom. The summed E-state index contributed by atoms with van der Waals surface area (Å²) >= 11 is 0. The Bertz CT molecular complexity index is 542. The Balaban J connectivity index is 0.00000364. The van der Waals surface area contributed by atoms with Crippen molar-refractivity contribution in [1.82, 2.24) is 30.3 Å². The first-order valence-corrected chi connectivity index (χ1v) is 9.80. The van der Waals surface area contributed by atoms with Gasteiger partial charge in [-0.05, 0) is 26.7 Å². The van der Waals surface area contributed by atoms with E-state index in [-0.39, 0.29) is 24.0 Å². The van der Waals surface area contributed by atoms with Crippen LogP contribution in [0.15, 0.2) is 11.3 Å². The zero-order valence-electron chi connectivity index (χ0n) is 17.1. The molecule has 0 spiro atoms. The molecule has 1 aromatic heterocycles. The highest BCUT2D eigenvalue weighted by Gasteiger charge is 2.19. The second-order valence-electron chi connectivity index (χ2n) is 6.97. The maximum atomic E-state index is 5.65. The Kier molecular flexibility index (Phi) is 11.8. The summed E-state index contributed by atoms with van der Waals surface area (Å²) in [5.41, 5.74) is 0. The molecule has 0 aliphatic carbocycles. The molecule has 2 rings (SSSR count). The second-order valence-corrected chi connectivity index (χ2v) is 6.97. The lowest BCUT2D eigenvalue weighted by atomic mass is 10.1. The van der Waals surface area contributed by atoms with Crippen molar-refractivity contribution < 1.29 is 4.74 Å². The van der Waals surface area contributed by atoms with Crippen LogP contribution in [-0.2, 0) is 17.7 Å². The van der Waals surface area contributed by atoms with Crippen molar-refractivity contribution >= 4 is 29.9 Å². The summed E-state index contributed by atoms with van der Waals surface area (Å²) in [5, 5.41) is 15.0. The molecule has 0 atom stereocenters. The van der Waals surface area contributed by atoms with Crippen molar-refractivity contribution in [1.29, 1.82) is 0 Å². The summed E-state index contributed by atoms with van der Waals surface area (Å²) in [5.74, 6) is 1.89. The number of likely N-dealkylation sites (tertiary alicyclic amines) is 1. The number of guanidine groups is 1. The van der Waals surface area contributed by atoms with Gasteiger partial charge in [0, 0.05) is 52.2 Å². The molecule has 2 N–H and O–H groups in total. The lowest BCUT2D eigenvalue weighted by Crippen LogP contribution is -2.49. The summed E-state index contributed by atoms with van der Waals surface area (Å²) in [7, 11) is 1.82. The molecule has 1 aromatic rings. The molecule has 0 saturated carbocycles. The van der Waals surface area contributed by atoms with Gasteiger partial charge in [0.05, 0.1) is 12.7 Å². The largest absolute Gasteiger partial charge is 0.377 e. The molecule has 0 amide bonds. The average Bonchev–Trinajstić information content (AvgIpc) is 3.09. The minimum Gasteiger partial charge on any atom is -0.377 e. The van der Waals surface area contributed by atoms with Crippen molar-refractivity contribution in [3.63, 3.8) is 0 Å². The van der Waals surface area contributed by atoms with E-state index in [1.54, 1.807) is 6.33 Å². The summed E-state index contributed by atoms with van der Waals surface area (Å²) in [6.45, 7) is 12.0. The smallest absolute Gasteiger partial charge is 0.191 e. The summed E-state index contributed by atoms with van der Waals surface area (Å²) < 4.78 is 7.73. The van der Waals surface area contributed by atoms with Gasteiger partial charge in [0.1, 0.15) is 12.2 Å². The highest BCUT2D eigenvalue weighted by atomic mass is 127. The van der Waals surface area contributed by atoms with Crippen LogP contribution in [0.2, 0.25) is 0 Å². The Morgan fingerprint density at radius 2 is 2.07 bits per heavy atom. The quantitative estimate of drug-likeness (QED) is 0.309. The van der Waals surface area contributed by atoms with Crippen LogP contribution in [-0.4, -0.2) is 77.6 Å². The zero-order valence-corrected chi connectivity index (χ0v) is 19.5. The topological polar surface area (TPSA) is 79.6 Å². The average molecular weight is 493 g/mol. The van der Waals surface area contributed by atoms with E-state index in [0.29, 0.717) is 12.1 Å². The maximum Gasteiger partial charge on any atom is 0.191 e. The molecule has 8 nitrogen and oxygen atoms in total. The Hall–Kier alpha value is -0.940. The number of aliphatic imine (C=N–C) groups is 1. The number of rotatable bonds is 9. The van der Waals surface area contributed by atoms with Crippen LogP contribution in [0.3, 0.4) is 0 Å². The van der Waals surface area contributed by atoms with Gasteiger partial charge in [-0.15, -0.1) is 34.2 Å². The van der Waals surface area contributed by atoms with Gasteiger partial charge in [0.25, 0.3) is 0 Å². The second kappa shape index (κ2) is 13.3. The number of ether oxygens (including phenoxy) is 1. The molecule has 1 aliphatic rings. The number of piperidine rings is 1. The fourth-order valence-electron chi connectivity index (χ4n) is 3.14. The molecule has 0 aromatic carbocycles. The molecule has 0 unspecified atom stereocenters. The summed E-state index contributed by atoms with van der Waals surface area (Å²) in [4.78, 5) is 6.83. The van der Waals surface area contributed by atoms with Gasteiger partial charge in [0.2, 0.25) is 0 Å². The van der Waals surface area contributed by atoms with E-state index in [0.717, 1.165) is 70.4 Å². The third-order valence-electron chi connectivity index (χ3n) is 4.67. The van der Waals surface area contributed by atoms with Crippen LogP contribution in [0.25, 0.3) is 0 Å². The van der Waals surface area contributed by atoms with Gasteiger partial charge < -0.3 is 24.8 Å². The van der Waals surface area contributed by atoms with Crippen molar-refractivity contribution in [3.8, 4) is 0 Å². The van der Waals surface area contributed by atoms with E-state index in [1.165, 1.54) is 0 Å². The molecule has 1 fully saturated rings. The predicted molar refractivity (Wildman–Crippen MR) is 120 cm³/mol. The van der Waals surface area contributed by atoms with Gasteiger partial charge in [-0.1, -0.05) is 6.92 Å². The SMILES string of the molecule is CCc1nncn1CCNC(=NC)NC1CCN(CCOC(C)C)CC1.I. The van der Waals surface area contributed by atoms with Gasteiger partial charge in [-0.2, -0.15) is 0 Å². The fourth-order valence-corrected chi connectivity index (χ4v) is 3.14. The van der Waals surface area contributed by atoms with Crippen LogP contribution < -0.4 is 10.6 Å². The molecule has 0 bridgehead atoms. The molecular weight excluding hydrogens is 457 g/mol. The predicted octanol–water partition coefficient (Wildman–Crippen LogP) is 1.51. The molecule has 0 radical (unpaired) electrons. The minimum atomic E-state index is 0. The zero-order chi connectivity index (χ0) is 18.8. The van der Waals surface area contributed by atoms with Crippen LogP contribution in [0, 0.1) is 0 Å². The lowest BCUT2D eigenvalue weighted by Gasteiger charge is -2.33. The third-order valence-corrected chi connectivity index (χ3v) is 4.67. The summed E-state index contributed by atoms with van der Waals surface area (Å²) in [6, 6.07) is 0.476. The van der Waals surface area contributed by atoms with Gasteiger partial charge >= 0.3 is 0 Å². The van der Waals surface area contributed by atoms with Crippen LogP contribution in [0.1, 0.15) is 39.4 Å². The molecular formula is C18H36IN7O. The first-order valence-electron chi connectivity index (χ1n) is 9.80. The third kappa shape index (κ3) is 8.73. The standard InChI is InChI=1S/C18H35N7O.HI/c1-5-17-23-21-14-25(17)11-8-20-18(19-4)22-16-6-9-24(10-7-16)12-13-26-15(2)3;/h14-16H,5-13H2,1-4H3,(H2,19,20,22);1H. The number of hydrogen-bond acceptors (Lipinski definition) is 5. The number of halogens is 1. The number of hydrogen-bond donors (Lipinski definition) is 2. The van der Waals surface area contributed by atoms with Crippen LogP contribution >= 0.6 is 24.0 Å². The van der Waals surface area contributed by atoms with E-state index in [2.05, 4.69) is 56.1 Å². The van der Waals surface area contributed by atoms with Crippen molar-refractivity contribution in [2.75, 3.05) is 39.8 Å². The molecule has 1 saturated heterocycles. The van der Waals surface area contributed by atoms with Crippen molar-refractivity contribution in [2.24, 2.45) is 4.99 Å². The number of aryl methyl sites for hydroxylation is 1. The van der Waals surface area contributed by atoms with E-state index in [9.17, 15) is 0 Å². The highest BCUT2D eigenvalue weighted by molar-refractivity contribution is 14.0. The Labute approximate surface area is 180 Å². The van der Waals surface area contributed by atoms with E-state index in [4.69, 9.17) is 4.74 Å². The first kappa shape index (κ1) is 24.1. The van der Waals surface area contributed by atoms with Gasteiger partial charge in [0.15, 0.2) is 5.96 Å². The molecule has 1 aliphatic heterocycles. The van der Waals surface area contributed by atoms with Gasteiger partial charge in [-0.3, -0.25) is 4.99 Å². The number of nitrogens with one attached hydrogen (secondary N) is 2. The number of nitrogens with zero attached hydrogens (tertiary/aromatic N) is 5. The minimum absolute atomic E-state index is 0. The summed E-state index contributed by atoms with van der Waals surface area (Å²) in [6.07, 6.45) is 5.26. The van der Waals surface area contributed by atoms with Crippen molar-refractivity contribution in [3.05, 3.63) is 12.2 Å². The molecule has 2 heterocycles. The monoisotopic (exact) mass is 493 g/mol. The highest BCUT2D eigenvalue weighted by Crippen LogP contribution is 2.10. The normalized spacial score (nSPS) is 16.4. The van der Waals surface area contributed by atoms with Crippen LogP contribution in [0.5, 0.6) is 0 Å². The fraction of sp³-hybridized carbons (Fsp3) is 0.833. The van der Waals surface area contributed by atoms with E-state index >= 15 is 0 Å². The molecule has 156 valence electrons. The van der Waals surface area contributed by atoms with E-state index in [1.807, 2.05) is 7.05 Å². The number of aromatic nitrogens is 3.